The first-order valence-corrected chi connectivity index (χ1v) is 12.3. The Morgan fingerprint density at radius 3 is 2.68 bits per heavy atom. The summed E-state index contributed by atoms with van der Waals surface area (Å²) >= 11 is 6.21. The Hall–Kier alpha value is -3.47. The Bertz CT molecular complexity index is 1320. The number of rotatable bonds is 6. The summed E-state index contributed by atoms with van der Waals surface area (Å²) in [5.41, 5.74) is 1.28. The van der Waals surface area contributed by atoms with Gasteiger partial charge in [-0.3, -0.25) is 0 Å². The number of anilines is 3. The molecule has 0 saturated carbocycles. The standard InChI is InChI=1S/C25H27ClF2N6O3/c1-25(2,3)37-24(35)34-11-15-9-16(34)10-33(15)21-7-5-18-22(32-21)23(30-13-29-18)31-14-4-6-19(17(26)8-14)36-12-20(27)28/h4-8,13,15-16,20H,9-12H2,1-3H3,(H,29,30,31)/t15-,16-/m0/s1. The third-order valence-electron chi connectivity index (χ3n) is 6.19. The molecule has 2 atom stereocenters. The van der Waals surface area contributed by atoms with E-state index in [1.165, 1.54) is 12.4 Å². The van der Waals surface area contributed by atoms with Gasteiger partial charge < -0.3 is 24.6 Å². The van der Waals surface area contributed by atoms with Crippen LogP contribution in [0.15, 0.2) is 36.7 Å². The van der Waals surface area contributed by atoms with Crippen LogP contribution in [0.25, 0.3) is 11.0 Å². The smallest absolute Gasteiger partial charge is 0.410 e. The number of carbonyl (C=O) groups is 1. The number of nitrogens with one attached hydrogen (secondary N) is 1. The van der Waals surface area contributed by atoms with Gasteiger partial charge in [-0.2, -0.15) is 0 Å². The molecule has 0 unspecified atom stereocenters. The number of alkyl halides is 2. The number of piperazine rings is 1. The minimum absolute atomic E-state index is 0.0647. The molecule has 196 valence electrons. The lowest BCUT2D eigenvalue weighted by Crippen LogP contribution is -2.50. The third kappa shape index (κ3) is 5.46. The fourth-order valence-corrected chi connectivity index (χ4v) is 4.89. The zero-order chi connectivity index (χ0) is 26.3. The highest BCUT2D eigenvalue weighted by Crippen LogP contribution is 2.36. The molecule has 1 aromatic carbocycles. The second-order valence-electron chi connectivity index (χ2n) is 10.1. The molecule has 2 aromatic heterocycles. The number of amides is 1. The first-order valence-electron chi connectivity index (χ1n) is 11.9. The SMILES string of the molecule is CC(C)(C)OC(=O)N1C[C@@H]2C[C@H]1CN2c1ccc2ncnc(Nc3ccc(OCC(F)F)c(Cl)c3)c2n1. The molecule has 2 fully saturated rings. The molecule has 2 aliphatic rings. The Morgan fingerprint density at radius 2 is 2.00 bits per heavy atom. The van der Waals surface area contributed by atoms with Crippen LogP contribution < -0.4 is 15.0 Å². The van der Waals surface area contributed by atoms with Crippen LogP contribution in [-0.4, -0.2) is 69.8 Å². The van der Waals surface area contributed by atoms with Gasteiger partial charge in [-0.25, -0.2) is 28.5 Å². The number of benzene rings is 1. The number of hydrogen-bond donors (Lipinski definition) is 1. The van der Waals surface area contributed by atoms with Crippen LogP contribution in [0.5, 0.6) is 5.75 Å². The molecule has 0 radical (unpaired) electrons. The lowest BCUT2D eigenvalue weighted by molar-refractivity contribution is 0.0214. The Labute approximate surface area is 217 Å². The van der Waals surface area contributed by atoms with E-state index in [0.29, 0.717) is 35.6 Å². The maximum Gasteiger partial charge on any atom is 0.410 e. The van der Waals surface area contributed by atoms with Crippen LogP contribution in [0.2, 0.25) is 5.02 Å². The van der Waals surface area contributed by atoms with E-state index >= 15 is 0 Å². The summed E-state index contributed by atoms with van der Waals surface area (Å²) < 4.78 is 35.5. The minimum atomic E-state index is -2.59. The molecule has 9 nitrogen and oxygen atoms in total. The molecular formula is C25H27ClF2N6O3. The second-order valence-corrected chi connectivity index (χ2v) is 10.5. The van der Waals surface area contributed by atoms with Gasteiger partial charge in [0.1, 0.15) is 35.6 Å². The van der Waals surface area contributed by atoms with Crippen molar-refractivity contribution in [2.45, 2.75) is 51.3 Å². The molecule has 3 aromatic rings. The normalized spacial score (nSPS) is 19.1. The van der Waals surface area contributed by atoms with Crippen LogP contribution in [-0.2, 0) is 4.74 Å². The molecule has 1 amide bonds. The van der Waals surface area contributed by atoms with Crippen molar-refractivity contribution < 1.29 is 23.0 Å². The van der Waals surface area contributed by atoms with Crippen molar-refractivity contribution in [2.75, 3.05) is 29.9 Å². The number of aromatic nitrogens is 3. The van der Waals surface area contributed by atoms with E-state index in [9.17, 15) is 13.6 Å². The van der Waals surface area contributed by atoms with Crippen LogP contribution in [0.4, 0.5) is 30.9 Å². The average Bonchev–Trinajstić information content (AvgIpc) is 3.44. The van der Waals surface area contributed by atoms with Gasteiger partial charge in [0.15, 0.2) is 5.82 Å². The predicted octanol–water partition coefficient (Wildman–Crippen LogP) is 5.26. The van der Waals surface area contributed by atoms with Crippen LogP contribution in [0.1, 0.15) is 27.2 Å². The Kier molecular flexibility index (Phi) is 6.65. The number of carbonyl (C=O) groups excluding carboxylic acids is 1. The summed E-state index contributed by atoms with van der Waals surface area (Å²) in [6.07, 6.45) is -0.582. The molecular weight excluding hydrogens is 506 g/mol. The van der Waals surface area contributed by atoms with Gasteiger partial charge in [0.05, 0.1) is 22.6 Å². The minimum Gasteiger partial charge on any atom is -0.486 e. The van der Waals surface area contributed by atoms with Crippen molar-refractivity contribution in [1.82, 2.24) is 19.9 Å². The van der Waals surface area contributed by atoms with Gasteiger partial charge in [-0.15, -0.1) is 0 Å². The quantitative estimate of drug-likeness (QED) is 0.459. The summed E-state index contributed by atoms with van der Waals surface area (Å²) in [4.78, 5) is 30.1. The Balaban J connectivity index is 1.33. The van der Waals surface area contributed by atoms with Gasteiger partial charge in [-0.05, 0) is 57.5 Å². The van der Waals surface area contributed by atoms with Crippen LogP contribution in [0, 0.1) is 0 Å². The maximum absolute atomic E-state index is 12.6. The summed E-state index contributed by atoms with van der Waals surface area (Å²) in [6.45, 7) is 6.09. The van der Waals surface area contributed by atoms with Crippen molar-refractivity contribution >= 4 is 46.1 Å². The number of fused-ring (bicyclic) bond motifs is 3. The van der Waals surface area contributed by atoms with Gasteiger partial charge in [0.25, 0.3) is 6.43 Å². The van der Waals surface area contributed by atoms with Gasteiger partial charge in [-0.1, -0.05) is 11.6 Å². The predicted molar refractivity (Wildman–Crippen MR) is 136 cm³/mol. The zero-order valence-electron chi connectivity index (χ0n) is 20.6. The molecule has 5 rings (SSSR count). The van der Waals surface area contributed by atoms with Crippen LogP contribution >= 0.6 is 11.6 Å². The largest absolute Gasteiger partial charge is 0.486 e. The number of nitrogens with zero attached hydrogens (tertiary/aromatic N) is 5. The fourth-order valence-electron chi connectivity index (χ4n) is 4.66. The summed E-state index contributed by atoms with van der Waals surface area (Å²) in [5, 5.41) is 3.38. The number of halogens is 3. The molecule has 2 saturated heterocycles. The fraction of sp³-hybridized carbons (Fsp3) is 0.440. The topological polar surface area (TPSA) is 92.7 Å². The third-order valence-corrected chi connectivity index (χ3v) is 6.48. The van der Waals surface area contributed by atoms with E-state index in [1.54, 1.807) is 12.1 Å². The van der Waals surface area contributed by atoms with Crippen molar-refractivity contribution in [3.05, 3.63) is 41.7 Å². The second kappa shape index (κ2) is 9.77. The molecule has 12 heteroatoms. The highest BCUT2D eigenvalue weighted by molar-refractivity contribution is 6.32. The number of likely N-dealkylation sites (tertiary alicyclic amines) is 1. The highest BCUT2D eigenvalue weighted by atomic mass is 35.5. The zero-order valence-corrected chi connectivity index (χ0v) is 21.4. The van der Waals surface area contributed by atoms with Crippen molar-refractivity contribution in [3.8, 4) is 5.75 Å². The Morgan fingerprint density at radius 1 is 1.19 bits per heavy atom. The van der Waals surface area contributed by atoms with Gasteiger partial charge in [0.2, 0.25) is 0 Å². The molecule has 2 aliphatic heterocycles. The number of hydrogen-bond acceptors (Lipinski definition) is 8. The number of ether oxygens (including phenoxy) is 2. The molecule has 1 N–H and O–H groups in total. The molecule has 0 aliphatic carbocycles. The maximum atomic E-state index is 12.6. The first kappa shape index (κ1) is 25.2. The molecule has 2 bridgehead atoms. The van der Waals surface area contributed by atoms with Gasteiger partial charge >= 0.3 is 6.09 Å². The van der Waals surface area contributed by atoms with Crippen molar-refractivity contribution in [1.29, 1.82) is 0 Å². The van der Waals surface area contributed by atoms with Crippen LogP contribution in [0.3, 0.4) is 0 Å². The van der Waals surface area contributed by atoms with Crippen molar-refractivity contribution in [3.63, 3.8) is 0 Å². The van der Waals surface area contributed by atoms with E-state index in [-0.39, 0.29) is 28.9 Å². The highest BCUT2D eigenvalue weighted by Gasteiger charge is 2.47. The van der Waals surface area contributed by atoms with Crippen molar-refractivity contribution in [2.24, 2.45) is 0 Å². The molecule has 37 heavy (non-hydrogen) atoms. The van der Waals surface area contributed by atoms with Gasteiger partial charge in [0, 0.05) is 18.8 Å². The average molecular weight is 533 g/mol. The number of pyridine rings is 1. The lowest BCUT2D eigenvalue weighted by Gasteiger charge is -2.35. The van der Waals surface area contributed by atoms with E-state index in [0.717, 1.165) is 12.2 Å². The monoisotopic (exact) mass is 532 g/mol. The summed E-state index contributed by atoms with van der Waals surface area (Å²) in [5.74, 6) is 1.42. The first-order chi connectivity index (χ1) is 17.6. The summed E-state index contributed by atoms with van der Waals surface area (Å²) in [6, 6.07) is 8.77. The lowest BCUT2D eigenvalue weighted by atomic mass is 10.2. The van der Waals surface area contributed by atoms with E-state index in [2.05, 4.69) is 20.2 Å². The summed E-state index contributed by atoms with van der Waals surface area (Å²) in [7, 11) is 0. The molecule has 0 spiro atoms. The van der Waals surface area contributed by atoms with E-state index in [1.807, 2.05) is 37.8 Å². The van der Waals surface area contributed by atoms with E-state index < -0.39 is 18.6 Å². The van der Waals surface area contributed by atoms with E-state index in [4.69, 9.17) is 26.1 Å². The molecule has 4 heterocycles.